The van der Waals surface area contributed by atoms with Gasteiger partial charge in [-0.3, -0.25) is 4.79 Å². The van der Waals surface area contributed by atoms with E-state index in [4.69, 9.17) is 21.1 Å². The van der Waals surface area contributed by atoms with Crippen LogP contribution < -0.4 is 14.8 Å². The Bertz CT molecular complexity index is 730. The second-order valence-electron chi connectivity index (χ2n) is 5.50. The zero-order valence-corrected chi connectivity index (χ0v) is 13.7. The summed E-state index contributed by atoms with van der Waals surface area (Å²) in [5, 5.41) is 3.39. The highest BCUT2D eigenvalue weighted by molar-refractivity contribution is 6.32. The maximum absolute atomic E-state index is 12.3. The van der Waals surface area contributed by atoms with Crippen LogP contribution in [0.5, 0.6) is 11.5 Å². The molecule has 0 aromatic heterocycles. The van der Waals surface area contributed by atoms with Crippen molar-refractivity contribution in [2.24, 2.45) is 0 Å². The number of nitrogens with one attached hydrogen (secondary N) is 1. The maximum Gasteiger partial charge on any atom is 0.228 e. The molecule has 5 heteroatoms. The SMILES string of the molecule is Cc1ccccc1NC(=O)Cc1cc(Cl)c2c(c1)OCCCO2. The molecule has 120 valence electrons. The van der Waals surface area contributed by atoms with Gasteiger partial charge in [0, 0.05) is 12.1 Å². The van der Waals surface area contributed by atoms with E-state index in [2.05, 4.69) is 5.32 Å². The smallest absolute Gasteiger partial charge is 0.228 e. The van der Waals surface area contributed by atoms with E-state index in [0.29, 0.717) is 29.7 Å². The molecule has 23 heavy (non-hydrogen) atoms. The lowest BCUT2D eigenvalue weighted by Gasteiger charge is -2.12. The molecule has 1 aliphatic rings. The van der Waals surface area contributed by atoms with Crippen molar-refractivity contribution in [3.8, 4) is 11.5 Å². The Morgan fingerprint density at radius 3 is 2.83 bits per heavy atom. The van der Waals surface area contributed by atoms with Crippen LogP contribution in [0, 0.1) is 6.92 Å². The summed E-state index contributed by atoms with van der Waals surface area (Å²) in [4.78, 5) is 12.3. The molecule has 0 aliphatic carbocycles. The molecule has 2 aromatic rings. The molecule has 1 amide bonds. The number of amides is 1. The minimum atomic E-state index is -0.0927. The van der Waals surface area contributed by atoms with Crippen molar-refractivity contribution in [1.82, 2.24) is 0 Å². The highest BCUT2D eigenvalue weighted by Gasteiger charge is 2.17. The second-order valence-corrected chi connectivity index (χ2v) is 5.90. The van der Waals surface area contributed by atoms with Crippen molar-refractivity contribution in [3.63, 3.8) is 0 Å². The zero-order valence-electron chi connectivity index (χ0n) is 12.9. The molecule has 0 spiro atoms. The molecular weight excluding hydrogens is 314 g/mol. The van der Waals surface area contributed by atoms with E-state index in [0.717, 1.165) is 23.2 Å². The molecular formula is C18H18ClNO3. The number of aryl methyl sites for hydroxylation is 1. The van der Waals surface area contributed by atoms with Gasteiger partial charge in [-0.05, 0) is 36.2 Å². The van der Waals surface area contributed by atoms with E-state index < -0.39 is 0 Å². The van der Waals surface area contributed by atoms with Crippen molar-refractivity contribution in [3.05, 3.63) is 52.5 Å². The van der Waals surface area contributed by atoms with Crippen LogP contribution in [-0.4, -0.2) is 19.1 Å². The first kappa shape index (κ1) is 15.7. The average Bonchev–Trinajstić information content (AvgIpc) is 2.75. The van der Waals surface area contributed by atoms with Crippen LogP contribution in [0.1, 0.15) is 17.5 Å². The van der Waals surface area contributed by atoms with E-state index in [-0.39, 0.29) is 12.3 Å². The van der Waals surface area contributed by atoms with E-state index in [1.807, 2.05) is 37.3 Å². The lowest BCUT2D eigenvalue weighted by atomic mass is 10.1. The van der Waals surface area contributed by atoms with Gasteiger partial charge in [0.25, 0.3) is 0 Å². The van der Waals surface area contributed by atoms with Gasteiger partial charge in [0.2, 0.25) is 5.91 Å². The number of hydrogen-bond acceptors (Lipinski definition) is 3. The minimum Gasteiger partial charge on any atom is -0.489 e. The summed E-state index contributed by atoms with van der Waals surface area (Å²) >= 11 is 6.25. The number of halogens is 1. The van der Waals surface area contributed by atoms with Crippen LogP contribution in [0.2, 0.25) is 5.02 Å². The first-order chi connectivity index (χ1) is 11.1. The monoisotopic (exact) mass is 331 g/mol. The first-order valence-corrected chi connectivity index (χ1v) is 7.95. The summed E-state index contributed by atoms with van der Waals surface area (Å²) in [6, 6.07) is 11.3. The molecule has 0 fully saturated rings. The van der Waals surface area contributed by atoms with Gasteiger partial charge in [0.05, 0.1) is 24.7 Å². The van der Waals surface area contributed by atoms with Gasteiger partial charge in [0.15, 0.2) is 11.5 Å². The number of fused-ring (bicyclic) bond motifs is 1. The van der Waals surface area contributed by atoms with E-state index in [9.17, 15) is 4.79 Å². The topological polar surface area (TPSA) is 47.6 Å². The van der Waals surface area contributed by atoms with Gasteiger partial charge in [-0.15, -0.1) is 0 Å². The molecule has 4 nitrogen and oxygen atoms in total. The number of rotatable bonds is 3. The summed E-state index contributed by atoms with van der Waals surface area (Å²) in [5.41, 5.74) is 2.64. The number of anilines is 1. The highest BCUT2D eigenvalue weighted by Crippen LogP contribution is 2.38. The van der Waals surface area contributed by atoms with E-state index in [1.54, 1.807) is 6.07 Å². The molecule has 0 bridgehead atoms. The molecule has 3 rings (SSSR count). The Hall–Kier alpha value is -2.20. The quantitative estimate of drug-likeness (QED) is 0.925. The van der Waals surface area contributed by atoms with Gasteiger partial charge >= 0.3 is 0 Å². The summed E-state index contributed by atoms with van der Waals surface area (Å²) in [6.07, 6.45) is 1.04. The Kier molecular flexibility index (Phi) is 4.72. The fraction of sp³-hybridized carbons (Fsp3) is 0.278. The van der Waals surface area contributed by atoms with E-state index >= 15 is 0 Å². The van der Waals surface area contributed by atoms with Crippen LogP contribution in [0.25, 0.3) is 0 Å². The first-order valence-electron chi connectivity index (χ1n) is 7.57. The minimum absolute atomic E-state index is 0.0927. The normalized spacial score (nSPS) is 13.3. The van der Waals surface area contributed by atoms with Crippen LogP contribution in [0.4, 0.5) is 5.69 Å². The number of ether oxygens (including phenoxy) is 2. The Morgan fingerprint density at radius 1 is 1.22 bits per heavy atom. The second kappa shape index (κ2) is 6.92. The molecule has 0 radical (unpaired) electrons. The third-order valence-electron chi connectivity index (χ3n) is 3.65. The lowest BCUT2D eigenvalue weighted by molar-refractivity contribution is -0.115. The summed E-state index contributed by atoms with van der Waals surface area (Å²) in [6.45, 7) is 3.13. The molecule has 0 unspecified atom stereocenters. The number of para-hydroxylation sites is 1. The van der Waals surface area contributed by atoms with Crippen LogP contribution in [0.15, 0.2) is 36.4 Å². The lowest BCUT2D eigenvalue weighted by Crippen LogP contribution is -2.15. The third-order valence-corrected chi connectivity index (χ3v) is 3.93. The van der Waals surface area contributed by atoms with Crippen molar-refractivity contribution >= 4 is 23.2 Å². The Labute approximate surface area is 140 Å². The molecule has 2 aromatic carbocycles. The molecule has 0 atom stereocenters. The number of benzene rings is 2. The third kappa shape index (κ3) is 3.77. The largest absolute Gasteiger partial charge is 0.489 e. The maximum atomic E-state index is 12.3. The van der Waals surface area contributed by atoms with Crippen molar-refractivity contribution in [2.45, 2.75) is 19.8 Å². The number of hydrogen-bond donors (Lipinski definition) is 1. The molecule has 0 saturated carbocycles. The van der Waals surface area contributed by atoms with Gasteiger partial charge < -0.3 is 14.8 Å². The zero-order chi connectivity index (χ0) is 16.2. The van der Waals surface area contributed by atoms with Gasteiger partial charge in [-0.2, -0.15) is 0 Å². The van der Waals surface area contributed by atoms with Crippen LogP contribution in [-0.2, 0) is 11.2 Å². The van der Waals surface area contributed by atoms with Crippen LogP contribution >= 0.6 is 11.6 Å². The number of carbonyl (C=O) groups is 1. The highest BCUT2D eigenvalue weighted by atomic mass is 35.5. The molecule has 0 saturated heterocycles. The van der Waals surface area contributed by atoms with Crippen molar-refractivity contribution < 1.29 is 14.3 Å². The fourth-order valence-corrected chi connectivity index (χ4v) is 2.77. The average molecular weight is 332 g/mol. The van der Waals surface area contributed by atoms with Crippen molar-refractivity contribution in [2.75, 3.05) is 18.5 Å². The van der Waals surface area contributed by atoms with Gasteiger partial charge in [-0.25, -0.2) is 0 Å². The van der Waals surface area contributed by atoms with Gasteiger partial charge in [-0.1, -0.05) is 29.8 Å². The Morgan fingerprint density at radius 2 is 2.00 bits per heavy atom. The predicted molar refractivity (Wildman–Crippen MR) is 90.6 cm³/mol. The molecule has 1 N–H and O–H groups in total. The Balaban J connectivity index is 1.75. The molecule has 1 heterocycles. The number of carbonyl (C=O) groups excluding carboxylic acids is 1. The summed E-state index contributed by atoms with van der Waals surface area (Å²) in [5.74, 6) is 1.07. The molecule has 1 aliphatic heterocycles. The van der Waals surface area contributed by atoms with Gasteiger partial charge in [0.1, 0.15) is 0 Å². The van der Waals surface area contributed by atoms with Crippen molar-refractivity contribution in [1.29, 1.82) is 0 Å². The summed E-state index contributed by atoms with van der Waals surface area (Å²) < 4.78 is 11.2. The fourth-order valence-electron chi connectivity index (χ4n) is 2.48. The predicted octanol–water partition coefficient (Wildman–Crippen LogP) is 3.99. The summed E-state index contributed by atoms with van der Waals surface area (Å²) in [7, 11) is 0. The van der Waals surface area contributed by atoms with E-state index in [1.165, 1.54) is 0 Å². The standard InChI is InChI=1S/C18H18ClNO3/c1-12-5-2-3-6-15(12)20-17(21)11-13-9-14(19)18-16(10-13)22-7-4-8-23-18/h2-3,5-6,9-10H,4,7-8,11H2,1H3,(H,20,21). The van der Waals surface area contributed by atoms with Crippen LogP contribution in [0.3, 0.4) is 0 Å².